The third-order valence-corrected chi connectivity index (χ3v) is 5.38. The van der Waals surface area contributed by atoms with Crippen LogP contribution in [-0.2, 0) is 9.59 Å². The predicted octanol–water partition coefficient (Wildman–Crippen LogP) is 2.35. The second-order valence-corrected chi connectivity index (χ2v) is 7.75. The molecular weight excluding hydrogens is 384 g/mol. The van der Waals surface area contributed by atoms with Gasteiger partial charge in [-0.15, -0.1) is 0 Å². The molecule has 1 aromatic heterocycles. The van der Waals surface area contributed by atoms with Gasteiger partial charge >= 0.3 is 0 Å². The van der Waals surface area contributed by atoms with Gasteiger partial charge in [-0.3, -0.25) is 19.3 Å². The highest BCUT2D eigenvalue weighted by atomic mass is 16.5. The van der Waals surface area contributed by atoms with E-state index in [1.54, 1.807) is 17.9 Å². The summed E-state index contributed by atoms with van der Waals surface area (Å²) in [5, 5.41) is 6.44. The Morgan fingerprint density at radius 1 is 1.00 bits per heavy atom. The first-order valence-electron chi connectivity index (χ1n) is 10.2. The molecule has 8 nitrogen and oxygen atoms in total. The Bertz CT molecular complexity index is 929. The van der Waals surface area contributed by atoms with Crippen molar-refractivity contribution in [2.45, 2.75) is 33.6 Å². The lowest BCUT2D eigenvalue weighted by molar-refractivity contribution is -0.133. The van der Waals surface area contributed by atoms with Crippen molar-refractivity contribution in [2.24, 2.45) is 0 Å². The fourth-order valence-corrected chi connectivity index (χ4v) is 3.40. The highest BCUT2D eigenvalue weighted by molar-refractivity contribution is 5.98. The Kier molecular flexibility index (Phi) is 6.99. The number of hydrogen-bond acceptors (Lipinski definition) is 6. The van der Waals surface area contributed by atoms with Crippen LogP contribution in [0, 0.1) is 20.8 Å². The van der Waals surface area contributed by atoms with Crippen molar-refractivity contribution in [2.75, 3.05) is 38.0 Å². The number of aromatic nitrogens is 1. The van der Waals surface area contributed by atoms with Gasteiger partial charge in [0.25, 0.3) is 0 Å². The van der Waals surface area contributed by atoms with Gasteiger partial charge < -0.3 is 14.7 Å². The lowest BCUT2D eigenvalue weighted by Crippen LogP contribution is -2.50. The van der Waals surface area contributed by atoms with Crippen LogP contribution in [-0.4, -0.2) is 65.3 Å². The van der Waals surface area contributed by atoms with Gasteiger partial charge in [-0.1, -0.05) is 17.3 Å². The van der Waals surface area contributed by atoms with Crippen molar-refractivity contribution in [3.8, 4) is 0 Å². The van der Waals surface area contributed by atoms with Crippen LogP contribution in [0.4, 0.5) is 5.82 Å². The summed E-state index contributed by atoms with van der Waals surface area (Å²) in [5.74, 6) is 0.842. The van der Waals surface area contributed by atoms with Crippen molar-refractivity contribution in [1.82, 2.24) is 15.0 Å². The summed E-state index contributed by atoms with van der Waals surface area (Å²) in [6.07, 6.45) is 0.416. The highest BCUT2D eigenvalue weighted by Gasteiger charge is 2.23. The molecule has 3 rings (SSSR count). The molecule has 2 heterocycles. The molecule has 2 amide bonds. The number of anilines is 1. The molecule has 1 aliphatic rings. The van der Waals surface area contributed by atoms with E-state index in [4.69, 9.17) is 4.52 Å². The number of ketones is 1. The fourth-order valence-electron chi connectivity index (χ4n) is 3.40. The summed E-state index contributed by atoms with van der Waals surface area (Å²) < 4.78 is 4.93. The normalized spacial score (nSPS) is 14.6. The Labute approximate surface area is 176 Å². The molecule has 8 heteroatoms. The second kappa shape index (κ2) is 9.67. The number of rotatable bonds is 7. The van der Waals surface area contributed by atoms with Gasteiger partial charge in [0, 0.05) is 50.7 Å². The van der Waals surface area contributed by atoms with Crippen molar-refractivity contribution in [3.63, 3.8) is 0 Å². The van der Waals surface area contributed by atoms with E-state index in [1.807, 2.05) is 36.9 Å². The SMILES string of the molecule is Cc1cc(NC(=O)CN2CCN(C(=O)CCC(=O)c3ccc(C)c(C)c3)CC2)no1. The van der Waals surface area contributed by atoms with Crippen LogP contribution in [0.25, 0.3) is 0 Å². The van der Waals surface area contributed by atoms with Gasteiger partial charge in [0.1, 0.15) is 5.76 Å². The summed E-state index contributed by atoms with van der Waals surface area (Å²) in [6, 6.07) is 7.29. The largest absolute Gasteiger partial charge is 0.360 e. The zero-order valence-electron chi connectivity index (χ0n) is 17.7. The van der Waals surface area contributed by atoms with Crippen LogP contribution < -0.4 is 5.32 Å². The number of carbonyl (C=O) groups is 3. The maximum absolute atomic E-state index is 12.5. The van der Waals surface area contributed by atoms with E-state index in [1.165, 1.54) is 0 Å². The van der Waals surface area contributed by atoms with E-state index in [-0.39, 0.29) is 37.0 Å². The molecule has 0 unspecified atom stereocenters. The summed E-state index contributed by atoms with van der Waals surface area (Å²) in [5.41, 5.74) is 2.88. The van der Waals surface area contributed by atoms with Crippen LogP contribution >= 0.6 is 0 Å². The number of piperazine rings is 1. The highest BCUT2D eigenvalue weighted by Crippen LogP contribution is 2.14. The summed E-state index contributed by atoms with van der Waals surface area (Å²) in [6.45, 7) is 8.30. The van der Waals surface area contributed by atoms with Crippen LogP contribution in [0.15, 0.2) is 28.8 Å². The smallest absolute Gasteiger partial charge is 0.239 e. The number of aryl methyl sites for hydroxylation is 3. The molecule has 0 radical (unpaired) electrons. The number of hydrogen-bond donors (Lipinski definition) is 1. The van der Waals surface area contributed by atoms with Gasteiger partial charge in [0.2, 0.25) is 11.8 Å². The van der Waals surface area contributed by atoms with Crippen molar-refractivity contribution in [3.05, 3.63) is 46.7 Å². The molecule has 0 atom stereocenters. The van der Waals surface area contributed by atoms with Gasteiger partial charge in [-0.2, -0.15) is 0 Å². The van der Waals surface area contributed by atoms with Crippen LogP contribution in [0.1, 0.15) is 40.1 Å². The minimum atomic E-state index is -0.165. The summed E-state index contributed by atoms with van der Waals surface area (Å²) in [4.78, 5) is 40.7. The van der Waals surface area contributed by atoms with Gasteiger partial charge in [-0.05, 0) is 38.0 Å². The quantitative estimate of drug-likeness (QED) is 0.702. The van der Waals surface area contributed by atoms with Crippen LogP contribution in [0.2, 0.25) is 0 Å². The Morgan fingerprint density at radius 2 is 1.73 bits per heavy atom. The van der Waals surface area contributed by atoms with E-state index in [0.717, 1.165) is 11.1 Å². The maximum Gasteiger partial charge on any atom is 0.239 e. The van der Waals surface area contributed by atoms with E-state index >= 15 is 0 Å². The number of benzene rings is 1. The monoisotopic (exact) mass is 412 g/mol. The summed E-state index contributed by atoms with van der Waals surface area (Å²) >= 11 is 0. The predicted molar refractivity (Wildman–Crippen MR) is 112 cm³/mol. The van der Waals surface area contributed by atoms with E-state index in [9.17, 15) is 14.4 Å². The fraction of sp³-hybridized carbons (Fsp3) is 0.455. The first-order valence-corrected chi connectivity index (χ1v) is 10.2. The lowest BCUT2D eigenvalue weighted by atomic mass is 10.0. The Morgan fingerprint density at radius 3 is 2.37 bits per heavy atom. The molecule has 0 saturated carbocycles. The van der Waals surface area contributed by atoms with E-state index in [2.05, 4.69) is 10.5 Å². The van der Waals surface area contributed by atoms with Crippen molar-refractivity contribution < 1.29 is 18.9 Å². The zero-order chi connectivity index (χ0) is 21.7. The first kappa shape index (κ1) is 21.7. The second-order valence-electron chi connectivity index (χ2n) is 7.75. The standard InChI is InChI=1S/C22H28N4O4/c1-15-4-5-18(12-16(15)2)19(27)6-7-22(29)26-10-8-25(9-11-26)14-21(28)23-20-13-17(3)30-24-20/h4-5,12-13H,6-11,14H2,1-3H3,(H,23,24,28). The van der Waals surface area contributed by atoms with Crippen LogP contribution in [0.3, 0.4) is 0 Å². The molecule has 2 aromatic rings. The van der Waals surface area contributed by atoms with E-state index < -0.39 is 0 Å². The molecule has 1 aromatic carbocycles. The zero-order valence-corrected chi connectivity index (χ0v) is 17.7. The minimum absolute atomic E-state index is 0.00940. The number of carbonyl (C=O) groups excluding carboxylic acids is 3. The lowest BCUT2D eigenvalue weighted by Gasteiger charge is -2.34. The number of amides is 2. The average Bonchev–Trinajstić information content (AvgIpc) is 3.12. The molecule has 0 bridgehead atoms. The molecular formula is C22H28N4O4. The third kappa shape index (κ3) is 5.76. The van der Waals surface area contributed by atoms with Gasteiger partial charge in [0.05, 0.1) is 6.54 Å². The molecule has 1 aliphatic heterocycles. The number of nitrogens with zero attached hydrogens (tertiary/aromatic N) is 3. The minimum Gasteiger partial charge on any atom is -0.360 e. The van der Waals surface area contributed by atoms with Crippen LogP contribution in [0.5, 0.6) is 0 Å². The molecule has 1 fully saturated rings. The van der Waals surface area contributed by atoms with Gasteiger partial charge in [0.15, 0.2) is 11.6 Å². The molecule has 1 saturated heterocycles. The molecule has 1 N–H and O–H groups in total. The Hall–Kier alpha value is -3.00. The van der Waals surface area contributed by atoms with E-state index in [0.29, 0.717) is 43.3 Å². The number of nitrogens with one attached hydrogen (secondary N) is 1. The summed E-state index contributed by atoms with van der Waals surface area (Å²) in [7, 11) is 0. The first-order chi connectivity index (χ1) is 14.3. The third-order valence-electron chi connectivity index (χ3n) is 5.38. The van der Waals surface area contributed by atoms with Crippen molar-refractivity contribution in [1.29, 1.82) is 0 Å². The molecule has 160 valence electrons. The molecule has 0 spiro atoms. The maximum atomic E-state index is 12.5. The Balaban J connectivity index is 1.39. The average molecular weight is 412 g/mol. The molecule has 0 aliphatic carbocycles. The van der Waals surface area contributed by atoms with Gasteiger partial charge in [-0.25, -0.2) is 0 Å². The topological polar surface area (TPSA) is 95.8 Å². The molecule has 30 heavy (non-hydrogen) atoms. The number of Topliss-reactive ketones (excluding diaryl/α,β-unsaturated/α-hetero) is 1. The van der Waals surface area contributed by atoms with Crippen molar-refractivity contribution >= 4 is 23.4 Å².